The number of hydrogen-bond acceptors (Lipinski definition) is 4. The summed E-state index contributed by atoms with van der Waals surface area (Å²) in [5, 5.41) is 0. The SMILES string of the molecule is COCCN(C(C)C)C1Cc2ccc(OC)cc2C1N. The number of methoxy groups -OCH3 is 2. The van der Waals surface area contributed by atoms with E-state index in [9.17, 15) is 0 Å². The smallest absolute Gasteiger partial charge is 0.119 e. The van der Waals surface area contributed by atoms with Crippen molar-refractivity contribution in [3.05, 3.63) is 29.3 Å². The Morgan fingerprint density at radius 3 is 2.70 bits per heavy atom. The number of rotatable bonds is 6. The van der Waals surface area contributed by atoms with Gasteiger partial charge in [0.2, 0.25) is 0 Å². The third-order valence-corrected chi connectivity index (χ3v) is 4.20. The van der Waals surface area contributed by atoms with E-state index in [0.29, 0.717) is 12.1 Å². The first-order valence-electron chi connectivity index (χ1n) is 7.25. The molecule has 4 heteroatoms. The predicted octanol–water partition coefficient (Wildman–Crippen LogP) is 1.98. The molecular weight excluding hydrogens is 252 g/mol. The lowest BCUT2D eigenvalue weighted by molar-refractivity contribution is 0.0889. The maximum atomic E-state index is 6.49. The maximum Gasteiger partial charge on any atom is 0.119 e. The monoisotopic (exact) mass is 278 g/mol. The molecule has 1 aliphatic rings. The van der Waals surface area contributed by atoms with Crippen molar-refractivity contribution in [3.8, 4) is 5.75 Å². The predicted molar refractivity (Wildman–Crippen MR) is 81.1 cm³/mol. The Balaban J connectivity index is 2.19. The van der Waals surface area contributed by atoms with E-state index in [1.807, 2.05) is 6.07 Å². The van der Waals surface area contributed by atoms with Crippen molar-refractivity contribution in [1.29, 1.82) is 0 Å². The number of ether oxygens (including phenoxy) is 2. The van der Waals surface area contributed by atoms with E-state index in [1.54, 1.807) is 14.2 Å². The first kappa shape index (κ1) is 15.3. The van der Waals surface area contributed by atoms with Gasteiger partial charge in [-0.2, -0.15) is 0 Å². The Morgan fingerprint density at radius 2 is 2.10 bits per heavy atom. The Hall–Kier alpha value is -1.10. The quantitative estimate of drug-likeness (QED) is 0.864. The first-order chi connectivity index (χ1) is 9.58. The van der Waals surface area contributed by atoms with Crippen molar-refractivity contribution < 1.29 is 9.47 Å². The van der Waals surface area contributed by atoms with Gasteiger partial charge >= 0.3 is 0 Å². The van der Waals surface area contributed by atoms with Gasteiger partial charge in [-0.25, -0.2) is 0 Å². The molecule has 2 rings (SSSR count). The second-order valence-electron chi connectivity index (χ2n) is 5.69. The highest BCUT2D eigenvalue weighted by atomic mass is 16.5. The lowest BCUT2D eigenvalue weighted by Gasteiger charge is -2.34. The van der Waals surface area contributed by atoms with Crippen molar-refractivity contribution in [2.75, 3.05) is 27.4 Å². The van der Waals surface area contributed by atoms with Crippen LogP contribution in [0.2, 0.25) is 0 Å². The van der Waals surface area contributed by atoms with Crippen molar-refractivity contribution in [2.45, 2.75) is 38.4 Å². The van der Waals surface area contributed by atoms with Gasteiger partial charge in [-0.15, -0.1) is 0 Å². The van der Waals surface area contributed by atoms with E-state index in [1.165, 1.54) is 11.1 Å². The van der Waals surface area contributed by atoms with Gasteiger partial charge < -0.3 is 15.2 Å². The van der Waals surface area contributed by atoms with Crippen LogP contribution >= 0.6 is 0 Å². The number of nitrogens with two attached hydrogens (primary N) is 1. The number of hydrogen-bond donors (Lipinski definition) is 1. The van der Waals surface area contributed by atoms with Crippen LogP contribution in [0.15, 0.2) is 18.2 Å². The molecule has 0 aliphatic heterocycles. The largest absolute Gasteiger partial charge is 0.497 e. The van der Waals surface area contributed by atoms with Gasteiger partial charge in [0.1, 0.15) is 5.75 Å². The van der Waals surface area contributed by atoms with Crippen LogP contribution in [-0.4, -0.2) is 44.4 Å². The molecule has 2 N–H and O–H groups in total. The van der Waals surface area contributed by atoms with E-state index in [4.69, 9.17) is 15.2 Å². The lowest BCUT2D eigenvalue weighted by Crippen LogP contribution is -2.46. The summed E-state index contributed by atoms with van der Waals surface area (Å²) in [6.45, 7) is 6.08. The zero-order valence-electron chi connectivity index (χ0n) is 12.9. The van der Waals surface area contributed by atoms with Crippen molar-refractivity contribution in [2.24, 2.45) is 5.73 Å². The zero-order valence-corrected chi connectivity index (χ0v) is 12.9. The van der Waals surface area contributed by atoms with Crippen molar-refractivity contribution in [1.82, 2.24) is 4.90 Å². The molecule has 2 unspecified atom stereocenters. The van der Waals surface area contributed by atoms with Gasteiger partial charge in [0.05, 0.1) is 13.7 Å². The van der Waals surface area contributed by atoms with Gasteiger partial charge in [0, 0.05) is 31.8 Å². The van der Waals surface area contributed by atoms with E-state index in [0.717, 1.165) is 25.3 Å². The minimum absolute atomic E-state index is 0.0411. The average molecular weight is 278 g/mol. The van der Waals surface area contributed by atoms with Crippen LogP contribution in [0, 0.1) is 0 Å². The molecule has 1 aromatic carbocycles. The average Bonchev–Trinajstić information content (AvgIpc) is 2.76. The summed E-state index contributed by atoms with van der Waals surface area (Å²) in [4.78, 5) is 2.45. The highest BCUT2D eigenvalue weighted by Crippen LogP contribution is 2.35. The van der Waals surface area contributed by atoms with Crippen molar-refractivity contribution in [3.63, 3.8) is 0 Å². The second-order valence-corrected chi connectivity index (χ2v) is 5.69. The van der Waals surface area contributed by atoms with E-state index in [2.05, 4.69) is 30.9 Å². The fourth-order valence-electron chi connectivity index (χ4n) is 3.08. The molecule has 0 saturated carbocycles. The number of nitrogens with zero attached hydrogens (tertiary/aromatic N) is 1. The molecule has 0 spiro atoms. The lowest BCUT2D eigenvalue weighted by atomic mass is 10.1. The Kier molecular flexibility index (Phi) is 5.02. The minimum atomic E-state index is 0.0411. The third kappa shape index (κ3) is 2.97. The van der Waals surface area contributed by atoms with E-state index < -0.39 is 0 Å². The molecule has 0 amide bonds. The molecule has 0 bridgehead atoms. The van der Waals surface area contributed by atoms with Crippen LogP contribution in [0.25, 0.3) is 0 Å². The van der Waals surface area contributed by atoms with Gasteiger partial charge in [-0.3, -0.25) is 4.90 Å². The molecule has 0 aromatic heterocycles. The Morgan fingerprint density at radius 1 is 1.35 bits per heavy atom. The van der Waals surface area contributed by atoms with Crippen LogP contribution in [0.5, 0.6) is 5.75 Å². The van der Waals surface area contributed by atoms with Gasteiger partial charge in [0.15, 0.2) is 0 Å². The summed E-state index contributed by atoms with van der Waals surface area (Å²) >= 11 is 0. The summed E-state index contributed by atoms with van der Waals surface area (Å²) in [5.41, 5.74) is 9.05. The minimum Gasteiger partial charge on any atom is -0.497 e. The fraction of sp³-hybridized carbons (Fsp3) is 0.625. The Bertz CT molecular complexity index is 448. The normalized spacial score (nSPS) is 21.6. The topological polar surface area (TPSA) is 47.7 Å². The summed E-state index contributed by atoms with van der Waals surface area (Å²) in [6, 6.07) is 7.07. The molecular formula is C16H26N2O2. The van der Waals surface area contributed by atoms with Crippen LogP contribution < -0.4 is 10.5 Å². The maximum absolute atomic E-state index is 6.49. The first-order valence-corrected chi connectivity index (χ1v) is 7.25. The fourth-order valence-corrected chi connectivity index (χ4v) is 3.08. The van der Waals surface area contributed by atoms with E-state index in [-0.39, 0.29) is 6.04 Å². The standard InChI is InChI=1S/C16H26N2O2/c1-11(2)18(7-8-19-3)15-9-12-5-6-13(20-4)10-14(12)16(15)17/h5-6,10-11,15-16H,7-9,17H2,1-4H3. The summed E-state index contributed by atoms with van der Waals surface area (Å²) < 4.78 is 10.5. The van der Waals surface area contributed by atoms with Gasteiger partial charge in [-0.1, -0.05) is 6.07 Å². The summed E-state index contributed by atoms with van der Waals surface area (Å²) in [5.74, 6) is 0.882. The van der Waals surface area contributed by atoms with Crippen molar-refractivity contribution >= 4 is 0 Å². The second kappa shape index (κ2) is 6.57. The number of benzene rings is 1. The zero-order chi connectivity index (χ0) is 14.7. The third-order valence-electron chi connectivity index (χ3n) is 4.20. The molecule has 4 nitrogen and oxygen atoms in total. The molecule has 0 fully saturated rings. The molecule has 112 valence electrons. The highest BCUT2D eigenvalue weighted by molar-refractivity contribution is 5.42. The molecule has 0 radical (unpaired) electrons. The van der Waals surface area contributed by atoms with Crippen LogP contribution in [0.1, 0.15) is 31.0 Å². The van der Waals surface area contributed by atoms with Gasteiger partial charge in [0.25, 0.3) is 0 Å². The highest BCUT2D eigenvalue weighted by Gasteiger charge is 2.35. The number of fused-ring (bicyclic) bond motifs is 1. The van der Waals surface area contributed by atoms with Crippen LogP contribution in [0.4, 0.5) is 0 Å². The van der Waals surface area contributed by atoms with Crippen LogP contribution in [-0.2, 0) is 11.2 Å². The van der Waals surface area contributed by atoms with Gasteiger partial charge in [-0.05, 0) is 43.5 Å². The summed E-state index contributed by atoms with van der Waals surface area (Å²) in [7, 11) is 3.44. The molecule has 2 atom stereocenters. The summed E-state index contributed by atoms with van der Waals surface area (Å²) in [6.07, 6.45) is 1.00. The molecule has 1 aromatic rings. The Labute approximate surface area is 121 Å². The van der Waals surface area contributed by atoms with Crippen LogP contribution in [0.3, 0.4) is 0 Å². The molecule has 20 heavy (non-hydrogen) atoms. The molecule has 0 heterocycles. The molecule has 0 saturated heterocycles. The molecule has 1 aliphatic carbocycles. The van der Waals surface area contributed by atoms with E-state index >= 15 is 0 Å².